The van der Waals surface area contributed by atoms with Crippen LogP contribution in [0.2, 0.25) is 0 Å². The zero-order chi connectivity index (χ0) is 14.4. The quantitative estimate of drug-likeness (QED) is 0.516. The molecule has 2 N–H and O–H groups in total. The number of aryl methyl sites for hydroxylation is 1. The van der Waals surface area contributed by atoms with E-state index in [1.54, 1.807) is 13.3 Å². The molecule has 0 amide bonds. The van der Waals surface area contributed by atoms with E-state index in [1.165, 1.54) is 0 Å². The molecule has 0 unspecified atom stereocenters. The van der Waals surface area contributed by atoms with Crippen LogP contribution in [-0.2, 0) is 6.61 Å². The molecule has 0 bridgehead atoms. The molecule has 0 saturated carbocycles. The van der Waals surface area contributed by atoms with Gasteiger partial charge in [-0.1, -0.05) is 18.2 Å². The van der Waals surface area contributed by atoms with Gasteiger partial charge in [0.05, 0.1) is 13.3 Å². The highest BCUT2D eigenvalue weighted by Crippen LogP contribution is 2.23. The topological polar surface area (TPSA) is 56.8 Å². The number of benzene rings is 2. The van der Waals surface area contributed by atoms with Gasteiger partial charge in [-0.05, 0) is 42.3 Å². The normalized spacial score (nSPS) is 10.7. The van der Waals surface area contributed by atoms with E-state index in [0.717, 1.165) is 28.2 Å². The monoisotopic (exact) mass is 270 g/mol. The number of nitrogens with two attached hydrogens (primary N) is 1. The summed E-state index contributed by atoms with van der Waals surface area (Å²) in [7, 11) is 1.64. The Hall–Kier alpha value is -2.49. The van der Waals surface area contributed by atoms with Crippen LogP contribution in [0.15, 0.2) is 47.6 Å². The lowest BCUT2D eigenvalue weighted by molar-refractivity contribution is 0.295. The van der Waals surface area contributed by atoms with Crippen LogP contribution in [0, 0.1) is 6.92 Å². The number of methoxy groups -OCH3 is 1. The van der Waals surface area contributed by atoms with Crippen LogP contribution in [0.5, 0.6) is 11.5 Å². The molecule has 0 aliphatic carbocycles. The molecular formula is C16H18N2O2. The second-order valence-corrected chi connectivity index (χ2v) is 4.40. The number of hydrazone groups is 1. The van der Waals surface area contributed by atoms with Gasteiger partial charge in [-0.15, -0.1) is 0 Å². The van der Waals surface area contributed by atoms with Crippen LogP contribution in [0.1, 0.15) is 16.7 Å². The van der Waals surface area contributed by atoms with Crippen molar-refractivity contribution in [3.05, 3.63) is 59.2 Å². The van der Waals surface area contributed by atoms with E-state index in [2.05, 4.69) is 5.10 Å². The van der Waals surface area contributed by atoms with Crippen molar-refractivity contribution in [2.75, 3.05) is 7.11 Å². The Morgan fingerprint density at radius 3 is 2.65 bits per heavy atom. The third-order valence-electron chi connectivity index (χ3n) is 3.00. The smallest absolute Gasteiger partial charge is 0.125 e. The average molecular weight is 270 g/mol. The summed E-state index contributed by atoms with van der Waals surface area (Å²) >= 11 is 0. The molecule has 0 saturated heterocycles. The van der Waals surface area contributed by atoms with Gasteiger partial charge in [0.25, 0.3) is 0 Å². The molecule has 0 spiro atoms. The van der Waals surface area contributed by atoms with E-state index >= 15 is 0 Å². The van der Waals surface area contributed by atoms with Gasteiger partial charge in [-0.25, -0.2) is 0 Å². The summed E-state index contributed by atoms with van der Waals surface area (Å²) in [4.78, 5) is 0. The van der Waals surface area contributed by atoms with Crippen molar-refractivity contribution < 1.29 is 9.47 Å². The fraction of sp³-hybridized carbons (Fsp3) is 0.188. The van der Waals surface area contributed by atoms with Crippen LogP contribution < -0.4 is 15.3 Å². The number of para-hydroxylation sites is 1. The van der Waals surface area contributed by atoms with Gasteiger partial charge in [-0.3, -0.25) is 0 Å². The molecule has 4 nitrogen and oxygen atoms in total. The molecule has 104 valence electrons. The van der Waals surface area contributed by atoms with Crippen LogP contribution in [-0.4, -0.2) is 13.3 Å². The SMILES string of the molecule is COc1ccc(C=NN)cc1COc1ccccc1C. The van der Waals surface area contributed by atoms with Gasteiger partial charge >= 0.3 is 0 Å². The minimum atomic E-state index is 0.431. The van der Waals surface area contributed by atoms with E-state index in [9.17, 15) is 0 Å². The lowest BCUT2D eigenvalue weighted by Gasteiger charge is -2.12. The summed E-state index contributed by atoms with van der Waals surface area (Å²) in [5, 5.41) is 3.53. The summed E-state index contributed by atoms with van der Waals surface area (Å²) in [6, 6.07) is 13.6. The molecule has 2 aromatic rings. The highest BCUT2D eigenvalue weighted by atomic mass is 16.5. The fourth-order valence-electron chi connectivity index (χ4n) is 1.95. The number of hydrogen-bond acceptors (Lipinski definition) is 4. The summed E-state index contributed by atoms with van der Waals surface area (Å²) in [6.07, 6.45) is 1.59. The molecule has 0 aliphatic rings. The minimum Gasteiger partial charge on any atom is -0.496 e. The average Bonchev–Trinajstić information content (AvgIpc) is 2.47. The summed E-state index contributed by atoms with van der Waals surface area (Å²) in [5.41, 5.74) is 2.97. The van der Waals surface area contributed by atoms with Crippen molar-refractivity contribution in [3.63, 3.8) is 0 Å². The maximum Gasteiger partial charge on any atom is 0.125 e. The van der Waals surface area contributed by atoms with Crippen LogP contribution in [0.3, 0.4) is 0 Å². The van der Waals surface area contributed by atoms with Crippen molar-refractivity contribution in [3.8, 4) is 11.5 Å². The van der Waals surface area contributed by atoms with Crippen molar-refractivity contribution in [1.29, 1.82) is 0 Å². The Morgan fingerprint density at radius 2 is 1.95 bits per heavy atom. The molecule has 0 fully saturated rings. The highest BCUT2D eigenvalue weighted by Gasteiger charge is 2.06. The van der Waals surface area contributed by atoms with E-state index in [-0.39, 0.29) is 0 Å². The molecule has 0 heterocycles. The fourth-order valence-corrected chi connectivity index (χ4v) is 1.95. The van der Waals surface area contributed by atoms with Gasteiger partial charge in [-0.2, -0.15) is 5.10 Å². The standard InChI is InChI=1S/C16H18N2O2/c1-12-5-3-4-6-15(12)20-11-14-9-13(10-18-17)7-8-16(14)19-2/h3-10H,11,17H2,1-2H3. The van der Waals surface area contributed by atoms with E-state index < -0.39 is 0 Å². The van der Waals surface area contributed by atoms with Gasteiger partial charge < -0.3 is 15.3 Å². The molecule has 0 aromatic heterocycles. The summed E-state index contributed by atoms with van der Waals surface area (Å²) in [6.45, 7) is 2.45. The highest BCUT2D eigenvalue weighted by molar-refractivity contribution is 5.80. The predicted molar refractivity (Wildman–Crippen MR) is 80.3 cm³/mol. The first-order chi connectivity index (χ1) is 9.74. The first kappa shape index (κ1) is 13.9. The molecule has 0 radical (unpaired) electrons. The lowest BCUT2D eigenvalue weighted by Crippen LogP contribution is -2.01. The first-order valence-electron chi connectivity index (χ1n) is 6.33. The van der Waals surface area contributed by atoms with Gasteiger partial charge in [0.1, 0.15) is 18.1 Å². The Bertz CT molecular complexity index is 609. The Kier molecular flexibility index (Phi) is 4.60. The molecule has 20 heavy (non-hydrogen) atoms. The zero-order valence-electron chi connectivity index (χ0n) is 11.7. The van der Waals surface area contributed by atoms with E-state index in [0.29, 0.717) is 6.61 Å². The number of ether oxygens (including phenoxy) is 2. The first-order valence-corrected chi connectivity index (χ1v) is 6.33. The predicted octanol–water partition coefficient (Wildman–Crippen LogP) is 2.88. The van der Waals surface area contributed by atoms with Crippen molar-refractivity contribution in [1.82, 2.24) is 0 Å². The Balaban J connectivity index is 2.19. The summed E-state index contributed by atoms with van der Waals surface area (Å²) in [5.74, 6) is 6.83. The molecule has 0 atom stereocenters. The number of hydrogen-bond donors (Lipinski definition) is 1. The molecule has 2 aromatic carbocycles. The van der Waals surface area contributed by atoms with Crippen molar-refractivity contribution >= 4 is 6.21 Å². The Labute approximate surface area is 118 Å². The maximum absolute atomic E-state index is 5.84. The van der Waals surface area contributed by atoms with Crippen LogP contribution in [0.25, 0.3) is 0 Å². The van der Waals surface area contributed by atoms with Gasteiger partial charge in [0.15, 0.2) is 0 Å². The summed E-state index contributed by atoms with van der Waals surface area (Å²) < 4.78 is 11.2. The van der Waals surface area contributed by atoms with E-state index in [4.69, 9.17) is 15.3 Å². The van der Waals surface area contributed by atoms with Gasteiger partial charge in [0.2, 0.25) is 0 Å². The molecular weight excluding hydrogens is 252 g/mol. The molecule has 2 rings (SSSR count). The van der Waals surface area contributed by atoms with Crippen LogP contribution in [0.4, 0.5) is 0 Å². The van der Waals surface area contributed by atoms with Crippen molar-refractivity contribution in [2.45, 2.75) is 13.5 Å². The number of rotatable bonds is 5. The second kappa shape index (κ2) is 6.61. The third-order valence-corrected chi connectivity index (χ3v) is 3.00. The minimum absolute atomic E-state index is 0.431. The van der Waals surface area contributed by atoms with Crippen molar-refractivity contribution in [2.24, 2.45) is 10.9 Å². The van der Waals surface area contributed by atoms with E-state index in [1.807, 2.05) is 49.4 Å². The second-order valence-electron chi connectivity index (χ2n) is 4.40. The van der Waals surface area contributed by atoms with Gasteiger partial charge in [0, 0.05) is 5.56 Å². The largest absolute Gasteiger partial charge is 0.496 e. The number of nitrogens with zero attached hydrogens (tertiary/aromatic N) is 1. The zero-order valence-corrected chi connectivity index (χ0v) is 11.7. The molecule has 0 aliphatic heterocycles. The van der Waals surface area contributed by atoms with Crippen LogP contribution >= 0.6 is 0 Å². The Morgan fingerprint density at radius 1 is 1.15 bits per heavy atom. The third kappa shape index (κ3) is 3.29. The maximum atomic E-state index is 5.84. The molecule has 4 heteroatoms. The lowest BCUT2D eigenvalue weighted by atomic mass is 10.1.